The minimum atomic E-state index is -3.34. The van der Waals surface area contributed by atoms with Crippen molar-refractivity contribution in [1.29, 1.82) is 0 Å². The number of carbonyl (C=O) groups is 1. The third-order valence-corrected chi connectivity index (χ3v) is 8.41. The van der Waals surface area contributed by atoms with Gasteiger partial charge in [-0.05, 0) is 48.4 Å². The van der Waals surface area contributed by atoms with Crippen LogP contribution in [0.1, 0.15) is 30.1 Å². The molecule has 2 aliphatic heterocycles. The van der Waals surface area contributed by atoms with E-state index >= 15 is 0 Å². The van der Waals surface area contributed by atoms with Crippen LogP contribution < -0.4 is 10.6 Å². The molecule has 9 nitrogen and oxygen atoms in total. The molecule has 4 heterocycles. The summed E-state index contributed by atoms with van der Waals surface area (Å²) in [5, 5.41) is 7.16. The molecule has 174 valence electrons. The maximum absolute atomic E-state index is 13.4. The van der Waals surface area contributed by atoms with Crippen LogP contribution in [0.2, 0.25) is 0 Å². The Kier molecular flexibility index (Phi) is 5.71. The fourth-order valence-electron chi connectivity index (χ4n) is 4.66. The summed E-state index contributed by atoms with van der Waals surface area (Å²) in [5.74, 6) is 0.0865. The molecule has 3 aromatic rings. The Morgan fingerprint density at radius 2 is 2.00 bits per heavy atom. The molecule has 1 unspecified atom stereocenters. The van der Waals surface area contributed by atoms with Gasteiger partial charge < -0.3 is 4.90 Å². The average Bonchev–Trinajstić information content (AvgIpc) is 3.53. The third-order valence-electron chi connectivity index (χ3n) is 6.28. The molecule has 2 aliphatic rings. The minimum Gasteiger partial charge on any atom is -0.310 e. The number of hydrogen-bond acceptors (Lipinski definition) is 6. The Bertz CT molecular complexity index is 1340. The van der Waals surface area contributed by atoms with E-state index in [9.17, 15) is 18.0 Å². The van der Waals surface area contributed by atoms with Crippen molar-refractivity contribution in [2.24, 2.45) is 0 Å². The highest BCUT2D eigenvalue weighted by atomic mass is 32.2. The molecule has 1 saturated heterocycles. The van der Waals surface area contributed by atoms with Crippen molar-refractivity contribution in [3.05, 3.63) is 63.7 Å². The summed E-state index contributed by atoms with van der Waals surface area (Å²) < 4.78 is 28.4. The first kappa shape index (κ1) is 22.1. The lowest BCUT2D eigenvalue weighted by atomic mass is 9.99. The predicted octanol–water partition coefficient (Wildman–Crippen LogP) is 1.82. The lowest BCUT2D eigenvalue weighted by Crippen LogP contribution is -2.39. The van der Waals surface area contributed by atoms with Gasteiger partial charge in [-0.3, -0.25) is 4.79 Å². The van der Waals surface area contributed by atoms with Crippen molar-refractivity contribution < 1.29 is 13.2 Å². The molecule has 1 fully saturated rings. The van der Waals surface area contributed by atoms with E-state index in [0.717, 1.165) is 24.1 Å². The van der Waals surface area contributed by atoms with Crippen molar-refractivity contribution >= 4 is 33.0 Å². The van der Waals surface area contributed by atoms with Gasteiger partial charge in [-0.2, -0.15) is 5.10 Å². The number of sulfonamides is 1. The molecule has 0 radical (unpaired) electrons. The number of para-hydroxylation sites is 1. The Labute approximate surface area is 195 Å². The van der Waals surface area contributed by atoms with E-state index in [-0.39, 0.29) is 30.6 Å². The first-order valence-corrected chi connectivity index (χ1v) is 13.6. The van der Waals surface area contributed by atoms with Gasteiger partial charge >= 0.3 is 5.69 Å². The normalized spacial score (nSPS) is 19.1. The number of hydrogen-bond donors (Lipinski definition) is 0. The molecule has 1 amide bonds. The molecule has 1 aromatic carbocycles. The molecule has 5 rings (SSSR count). The first-order valence-electron chi connectivity index (χ1n) is 10.9. The molecule has 0 bridgehead atoms. The topological polar surface area (TPSA) is 97.5 Å². The number of thiophene rings is 1. The molecule has 2 aromatic heterocycles. The fourth-order valence-corrected chi connectivity index (χ4v) is 6.30. The summed E-state index contributed by atoms with van der Waals surface area (Å²) in [4.78, 5) is 28.2. The lowest BCUT2D eigenvalue weighted by Gasteiger charge is -2.30. The van der Waals surface area contributed by atoms with Crippen LogP contribution in [0.25, 0.3) is 5.00 Å². The second-order valence-corrected chi connectivity index (χ2v) is 11.4. The van der Waals surface area contributed by atoms with Gasteiger partial charge in [-0.15, -0.1) is 11.3 Å². The van der Waals surface area contributed by atoms with E-state index in [2.05, 4.69) is 5.10 Å². The van der Waals surface area contributed by atoms with Gasteiger partial charge in [0, 0.05) is 31.2 Å². The molecule has 1 atom stereocenters. The molecule has 0 saturated carbocycles. The number of carbonyl (C=O) groups excluding carboxylic acids is 1. The molecule has 0 N–H and O–H groups in total. The summed E-state index contributed by atoms with van der Waals surface area (Å²) in [5.41, 5.74) is 1.61. The smallest absolute Gasteiger partial charge is 0.310 e. The van der Waals surface area contributed by atoms with Crippen LogP contribution in [0.4, 0.5) is 5.69 Å². The second-order valence-electron chi connectivity index (χ2n) is 8.47. The van der Waals surface area contributed by atoms with E-state index in [1.807, 2.05) is 41.8 Å². The third kappa shape index (κ3) is 4.16. The molecule has 0 aliphatic carbocycles. The summed E-state index contributed by atoms with van der Waals surface area (Å²) in [6, 6.07) is 11.5. The Morgan fingerprint density at radius 1 is 1.18 bits per heavy atom. The number of rotatable bonds is 5. The van der Waals surface area contributed by atoms with Gasteiger partial charge in [0.15, 0.2) is 0 Å². The number of nitrogens with zero attached hydrogens (tertiary/aromatic N) is 5. The Hall–Kier alpha value is -2.76. The van der Waals surface area contributed by atoms with Crippen LogP contribution in [0.5, 0.6) is 0 Å². The number of benzene rings is 1. The number of amides is 1. The molecule has 33 heavy (non-hydrogen) atoms. The maximum atomic E-state index is 13.4. The van der Waals surface area contributed by atoms with E-state index in [1.165, 1.54) is 31.1 Å². The van der Waals surface area contributed by atoms with Crippen molar-refractivity contribution in [3.63, 3.8) is 0 Å². The summed E-state index contributed by atoms with van der Waals surface area (Å²) in [6.07, 6.45) is 3.40. The van der Waals surface area contributed by atoms with Gasteiger partial charge in [0.1, 0.15) is 17.4 Å². The van der Waals surface area contributed by atoms with Gasteiger partial charge in [0.05, 0.1) is 6.26 Å². The zero-order valence-corrected chi connectivity index (χ0v) is 19.9. The van der Waals surface area contributed by atoms with Crippen molar-refractivity contribution in [2.75, 3.05) is 30.8 Å². The SMILES string of the molecule is CS(=O)(=O)N1CCCC(c2nn(CC(=O)N3CCc4ccccc43)c(=O)n2-c2cccs2)C1. The fraction of sp³-hybridized carbons (Fsp3) is 0.409. The van der Waals surface area contributed by atoms with Gasteiger partial charge in [-0.1, -0.05) is 18.2 Å². The predicted molar refractivity (Wildman–Crippen MR) is 127 cm³/mol. The standard InChI is InChI=1S/C22H25N5O4S2/c1-33(30,31)24-11-4-7-17(14-24)21-23-26(22(29)27(21)20-9-5-13-32-20)15-19(28)25-12-10-16-6-2-3-8-18(16)25/h2-3,5-6,8-9,13,17H,4,7,10-12,14-15H2,1H3. The van der Waals surface area contributed by atoms with Gasteiger partial charge in [0.25, 0.3) is 0 Å². The zero-order chi connectivity index (χ0) is 23.2. The quantitative estimate of drug-likeness (QED) is 0.547. The number of anilines is 1. The highest BCUT2D eigenvalue weighted by Crippen LogP contribution is 2.30. The Morgan fingerprint density at radius 3 is 2.76 bits per heavy atom. The summed E-state index contributed by atoms with van der Waals surface area (Å²) in [6.45, 7) is 1.15. The van der Waals surface area contributed by atoms with E-state index < -0.39 is 10.0 Å². The minimum absolute atomic E-state index is 0.166. The van der Waals surface area contributed by atoms with Crippen LogP contribution in [-0.2, 0) is 27.8 Å². The first-order chi connectivity index (χ1) is 15.8. The molecule has 11 heteroatoms. The molecular weight excluding hydrogens is 462 g/mol. The summed E-state index contributed by atoms with van der Waals surface area (Å²) >= 11 is 1.41. The number of piperidine rings is 1. The molecular formula is C22H25N5O4S2. The van der Waals surface area contributed by atoms with Crippen LogP contribution in [-0.4, -0.2) is 58.9 Å². The molecule has 0 spiro atoms. The van der Waals surface area contributed by atoms with Crippen LogP contribution in [0, 0.1) is 0 Å². The van der Waals surface area contributed by atoms with E-state index in [0.29, 0.717) is 30.3 Å². The number of aromatic nitrogens is 3. The van der Waals surface area contributed by atoms with Crippen molar-refractivity contribution in [2.45, 2.75) is 31.7 Å². The average molecular weight is 488 g/mol. The van der Waals surface area contributed by atoms with Gasteiger partial charge in [-0.25, -0.2) is 26.8 Å². The van der Waals surface area contributed by atoms with Crippen LogP contribution in [0.3, 0.4) is 0 Å². The zero-order valence-electron chi connectivity index (χ0n) is 18.3. The lowest BCUT2D eigenvalue weighted by molar-refractivity contribution is -0.119. The summed E-state index contributed by atoms with van der Waals surface area (Å²) in [7, 11) is -3.34. The second kappa shape index (κ2) is 8.54. The maximum Gasteiger partial charge on any atom is 0.351 e. The highest BCUT2D eigenvalue weighted by Gasteiger charge is 2.32. The van der Waals surface area contributed by atoms with Crippen LogP contribution in [0.15, 0.2) is 46.6 Å². The van der Waals surface area contributed by atoms with E-state index in [4.69, 9.17) is 0 Å². The van der Waals surface area contributed by atoms with Crippen molar-refractivity contribution in [1.82, 2.24) is 18.7 Å². The monoisotopic (exact) mass is 487 g/mol. The van der Waals surface area contributed by atoms with Crippen molar-refractivity contribution in [3.8, 4) is 5.00 Å². The highest BCUT2D eigenvalue weighted by molar-refractivity contribution is 7.88. The number of fused-ring (bicyclic) bond motifs is 1. The van der Waals surface area contributed by atoms with Crippen LogP contribution >= 0.6 is 11.3 Å². The largest absolute Gasteiger partial charge is 0.351 e. The van der Waals surface area contributed by atoms with E-state index in [1.54, 1.807) is 4.90 Å². The Balaban J connectivity index is 1.48. The van der Waals surface area contributed by atoms with Gasteiger partial charge in [0.2, 0.25) is 15.9 Å².